The molecule has 0 radical (unpaired) electrons. The highest BCUT2D eigenvalue weighted by Crippen LogP contribution is 2.30. The molecule has 0 aliphatic carbocycles. The van der Waals surface area contributed by atoms with E-state index in [0.29, 0.717) is 28.8 Å². The maximum absolute atomic E-state index is 13.7. The molecule has 0 amide bonds. The summed E-state index contributed by atoms with van der Waals surface area (Å²) >= 11 is 1.36. The van der Waals surface area contributed by atoms with Crippen LogP contribution < -0.4 is 4.89 Å². The van der Waals surface area contributed by atoms with Crippen molar-refractivity contribution in [2.24, 2.45) is 0 Å². The highest BCUT2D eigenvalue weighted by Gasteiger charge is 2.17. The number of halogens is 1. The Labute approximate surface area is 135 Å². The van der Waals surface area contributed by atoms with E-state index in [1.54, 1.807) is 22.9 Å². The highest BCUT2D eigenvalue weighted by atomic mass is 32.2. The number of aromatic nitrogens is 4. The smallest absolute Gasteiger partial charge is 0.214 e. The van der Waals surface area contributed by atoms with Gasteiger partial charge in [-0.3, -0.25) is 0 Å². The van der Waals surface area contributed by atoms with Gasteiger partial charge in [-0.25, -0.2) is 4.39 Å². The Morgan fingerprint density at radius 2 is 2.13 bits per heavy atom. The molecule has 0 atom stereocenters. The molecule has 3 aromatic rings. The van der Waals surface area contributed by atoms with E-state index >= 15 is 0 Å². The molecule has 8 heteroatoms. The van der Waals surface area contributed by atoms with E-state index in [2.05, 4.69) is 15.5 Å². The van der Waals surface area contributed by atoms with Crippen LogP contribution in [0.3, 0.4) is 0 Å². The van der Waals surface area contributed by atoms with Gasteiger partial charge in [0.1, 0.15) is 12.4 Å². The van der Waals surface area contributed by atoms with Crippen LogP contribution in [0, 0.1) is 5.82 Å². The second-order valence-electron chi connectivity index (χ2n) is 4.89. The molecule has 4 rings (SSSR count). The maximum Gasteiger partial charge on any atom is 0.214 e. The summed E-state index contributed by atoms with van der Waals surface area (Å²) in [7, 11) is 0. The zero-order valence-corrected chi connectivity index (χ0v) is 12.7. The summed E-state index contributed by atoms with van der Waals surface area (Å²) < 4.78 is 15.3. The minimum atomic E-state index is -0.234. The molecule has 0 saturated carbocycles. The fourth-order valence-electron chi connectivity index (χ4n) is 2.22. The Kier molecular flexibility index (Phi) is 3.68. The average molecular weight is 330 g/mol. The molecule has 1 aromatic heterocycles. The second-order valence-corrected chi connectivity index (χ2v) is 5.83. The third kappa shape index (κ3) is 2.78. The molecule has 0 fully saturated rings. The third-order valence-electron chi connectivity index (χ3n) is 3.41. The third-order valence-corrected chi connectivity index (χ3v) is 4.38. The number of nitrogens with zero attached hydrogens (tertiary/aromatic N) is 4. The number of tetrazole rings is 1. The van der Waals surface area contributed by atoms with Gasteiger partial charge in [0.05, 0.1) is 5.69 Å². The summed E-state index contributed by atoms with van der Waals surface area (Å²) in [5.41, 5.74) is 2.34. The number of benzene rings is 2. The number of rotatable bonds is 4. The van der Waals surface area contributed by atoms with E-state index in [-0.39, 0.29) is 5.82 Å². The van der Waals surface area contributed by atoms with Crippen molar-refractivity contribution in [3.8, 4) is 11.4 Å². The van der Waals surface area contributed by atoms with Crippen LogP contribution in [0.4, 0.5) is 4.39 Å². The Morgan fingerprint density at radius 1 is 1.22 bits per heavy atom. The lowest BCUT2D eigenvalue weighted by atomic mass is 10.2. The van der Waals surface area contributed by atoms with Crippen molar-refractivity contribution in [1.29, 1.82) is 0 Å². The van der Waals surface area contributed by atoms with Crippen molar-refractivity contribution in [2.45, 2.75) is 17.5 Å². The van der Waals surface area contributed by atoms with Crippen molar-refractivity contribution in [2.75, 3.05) is 0 Å². The standard InChI is InChI=1S/C15H11FN4O2S/c16-13-4-2-1-3-11(13)9-23-15-17-18-19-20(15)12-6-5-10-8-21-22-14(10)7-12/h1-7H,8-9H2. The predicted octanol–water partition coefficient (Wildman–Crippen LogP) is 2.92. The Balaban J connectivity index is 1.58. The quantitative estimate of drug-likeness (QED) is 0.541. The number of hydrogen-bond donors (Lipinski definition) is 0. The highest BCUT2D eigenvalue weighted by molar-refractivity contribution is 7.98. The molecular weight excluding hydrogens is 319 g/mol. The summed E-state index contributed by atoms with van der Waals surface area (Å²) in [6, 6.07) is 12.3. The van der Waals surface area contributed by atoms with Gasteiger partial charge in [0.25, 0.3) is 0 Å². The maximum atomic E-state index is 13.7. The summed E-state index contributed by atoms with van der Waals surface area (Å²) in [5.74, 6) is 0.864. The Bertz CT molecular complexity index is 855. The van der Waals surface area contributed by atoms with Gasteiger partial charge in [-0.2, -0.15) is 9.57 Å². The summed E-state index contributed by atoms with van der Waals surface area (Å²) in [6.07, 6.45) is 0. The summed E-state index contributed by atoms with van der Waals surface area (Å²) in [5, 5.41) is 12.3. The van der Waals surface area contributed by atoms with Crippen LogP contribution >= 0.6 is 11.8 Å². The van der Waals surface area contributed by atoms with Crippen LogP contribution in [0.15, 0.2) is 47.6 Å². The van der Waals surface area contributed by atoms with Gasteiger partial charge in [-0.05, 0) is 28.1 Å². The molecular formula is C15H11FN4O2S. The van der Waals surface area contributed by atoms with Gasteiger partial charge in [0.15, 0.2) is 5.75 Å². The van der Waals surface area contributed by atoms with Gasteiger partial charge >= 0.3 is 0 Å². The van der Waals surface area contributed by atoms with Crippen molar-refractivity contribution in [3.63, 3.8) is 0 Å². The molecule has 0 spiro atoms. The van der Waals surface area contributed by atoms with Crippen LogP contribution in [-0.2, 0) is 17.2 Å². The van der Waals surface area contributed by atoms with E-state index in [0.717, 1.165) is 11.3 Å². The fourth-order valence-corrected chi connectivity index (χ4v) is 3.09. The molecule has 2 heterocycles. The lowest BCUT2D eigenvalue weighted by Gasteiger charge is -2.06. The molecule has 0 saturated heterocycles. The normalized spacial score (nSPS) is 12.9. The molecule has 2 aromatic carbocycles. The Morgan fingerprint density at radius 3 is 3.04 bits per heavy atom. The average Bonchev–Trinajstić information content (AvgIpc) is 3.22. The number of fused-ring (bicyclic) bond motifs is 1. The summed E-state index contributed by atoms with van der Waals surface area (Å²) in [4.78, 5) is 10.0. The first-order chi connectivity index (χ1) is 11.3. The largest absolute Gasteiger partial charge is 0.337 e. The van der Waals surface area contributed by atoms with Crippen LogP contribution in [0.1, 0.15) is 11.1 Å². The van der Waals surface area contributed by atoms with Crippen LogP contribution in [-0.4, -0.2) is 20.2 Å². The van der Waals surface area contributed by atoms with E-state index in [4.69, 9.17) is 9.78 Å². The fraction of sp³-hybridized carbons (Fsp3) is 0.133. The molecule has 116 valence electrons. The second kappa shape index (κ2) is 5.98. The van der Waals surface area contributed by atoms with Crippen molar-refractivity contribution >= 4 is 11.8 Å². The first kappa shape index (κ1) is 14.2. The predicted molar refractivity (Wildman–Crippen MR) is 80.5 cm³/mol. The Hall–Kier alpha value is -2.45. The molecule has 0 N–H and O–H groups in total. The zero-order chi connectivity index (χ0) is 15.6. The van der Waals surface area contributed by atoms with Crippen LogP contribution in [0.25, 0.3) is 5.69 Å². The lowest BCUT2D eigenvalue weighted by molar-refractivity contribution is -0.194. The lowest BCUT2D eigenvalue weighted by Crippen LogP contribution is -2.00. The molecule has 1 aliphatic heterocycles. The van der Waals surface area contributed by atoms with E-state index < -0.39 is 0 Å². The first-order valence-corrected chi connectivity index (χ1v) is 7.87. The van der Waals surface area contributed by atoms with E-state index in [1.165, 1.54) is 17.8 Å². The van der Waals surface area contributed by atoms with E-state index in [9.17, 15) is 4.39 Å². The molecule has 0 bridgehead atoms. The van der Waals surface area contributed by atoms with Crippen molar-refractivity contribution in [3.05, 3.63) is 59.4 Å². The molecule has 1 aliphatic rings. The first-order valence-electron chi connectivity index (χ1n) is 6.88. The molecule has 6 nitrogen and oxygen atoms in total. The minimum Gasteiger partial charge on any atom is -0.337 e. The topological polar surface area (TPSA) is 62.1 Å². The van der Waals surface area contributed by atoms with Crippen molar-refractivity contribution < 1.29 is 14.2 Å². The van der Waals surface area contributed by atoms with Gasteiger partial charge in [0.2, 0.25) is 5.16 Å². The molecule has 23 heavy (non-hydrogen) atoms. The van der Waals surface area contributed by atoms with Gasteiger partial charge in [-0.15, -0.1) is 5.10 Å². The minimum absolute atomic E-state index is 0.234. The van der Waals surface area contributed by atoms with Crippen molar-refractivity contribution in [1.82, 2.24) is 20.2 Å². The van der Waals surface area contributed by atoms with E-state index in [1.807, 2.05) is 18.2 Å². The molecule has 0 unspecified atom stereocenters. The van der Waals surface area contributed by atoms with Gasteiger partial charge in [-0.1, -0.05) is 36.0 Å². The monoisotopic (exact) mass is 330 g/mol. The van der Waals surface area contributed by atoms with Crippen LogP contribution in [0.5, 0.6) is 5.75 Å². The van der Waals surface area contributed by atoms with Gasteiger partial charge in [0, 0.05) is 17.4 Å². The SMILES string of the molecule is Fc1ccccc1CSc1nnnn1-c1ccc2c(c1)OOC2. The van der Waals surface area contributed by atoms with Crippen LogP contribution in [0.2, 0.25) is 0 Å². The number of hydrogen-bond acceptors (Lipinski definition) is 6. The number of thioether (sulfide) groups is 1. The zero-order valence-electron chi connectivity index (χ0n) is 11.8. The van der Waals surface area contributed by atoms with Gasteiger partial charge < -0.3 is 4.89 Å². The summed E-state index contributed by atoms with van der Waals surface area (Å²) in [6.45, 7) is 0.431.